The average molecular weight is 190 g/mol. The standard InChI is InChI=1S/C9H18O4/c1-7(5-8(10)11-2)6-9(12-3)13-4/h7,9H,5-6H2,1-4H3/t7-/m1/s1. The molecule has 0 rings (SSSR count). The van der Waals surface area contributed by atoms with E-state index in [0.717, 1.165) is 0 Å². The number of rotatable bonds is 6. The van der Waals surface area contributed by atoms with Crippen molar-refractivity contribution in [3.63, 3.8) is 0 Å². The maximum absolute atomic E-state index is 10.9. The van der Waals surface area contributed by atoms with Crippen LogP contribution in [-0.4, -0.2) is 33.6 Å². The van der Waals surface area contributed by atoms with E-state index in [1.165, 1.54) is 7.11 Å². The SMILES string of the molecule is COC(=O)C[C@@H](C)CC(OC)OC. The van der Waals surface area contributed by atoms with E-state index in [2.05, 4.69) is 4.74 Å². The first-order valence-corrected chi connectivity index (χ1v) is 4.26. The smallest absolute Gasteiger partial charge is 0.305 e. The number of hydrogen-bond donors (Lipinski definition) is 0. The molecule has 0 bridgehead atoms. The van der Waals surface area contributed by atoms with E-state index in [1.807, 2.05) is 6.92 Å². The van der Waals surface area contributed by atoms with Crippen LogP contribution in [-0.2, 0) is 19.0 Å². The van der Waals surface area contributed by atoms with Crippen molar-refractivity contribution >= 4 is 5.97 Å². The molecular formula is C9H18O4. The molecule has 0 saturated heterocycles. The Morgan fingerprint density at radius 3 is 2.15 bits per heavy atom. The molecule has 0 spiro atoms. The first-order chi connectivity index (χ1) is 6.13. The van der Waals surface area contributed by atoms with Crippen LogP contribution in [0.15, 0.2) is 0 Å². The molecule has 0 saturated carbocycles. The van der Waals surface area contributed by atoms with Gasteiger partial charge in [0.05, 0.1) is 7.11 Å². The fraction of sp³-hybridized carbons (Fsp3) is 0.889. The summed E-state index contributed by atoms with van der Waals surface area (Å²) in [5, 5.41) is 0. The van der Waals surface area contributed by atoms with Gasteiger partial charge in [-0.2, -0.15) is 0 Å². The Hall–Kier alpha value is -0.610. The van der Waals surface area contributed by atoms with Gasteiger partial charge in [-0.15, -0.1) is 0 Å². The second-order valence-corrected chi connectivity index (χ2v) is 3.02. The van der Waals surface area contributed by atoms with Crippen LogP contribution >= 0.6 is 0 Å². The van der Waals surface area contributed by atoms with Crippen molar-refractivity contribution in [1.29, 1.82) is 0 Å². The third kappa shape index (κ3) is 5.60. The molecule has 78 valence electrons. The zero-order valence-corrected chi connectivity index (χ0v) is 8.70. The normalized spacial score (nSPS) is 13.0. The molecule has 0 fully saturated rings. The summed E-state index contributed by atoms with van der Waals surface area (Å²) in [5.41, 5.74) is 0. The summed E-state index contributed by atoms with van der Waals surface area (Å²) < 4.78 is 14.6. The van der Waals surface area contributed by atoms with E-state index >= 15 is 0 Å². The minimum Gasteiger partial charge on any atom is -0.469 e. The molecule has 1 atom stereocenters. The van der Waals surface area contributed by atoms with Crippen LogP contribution in [0, 0.1) is 5.92 Å². The summed E-state index contributed by atoms with van der Waals surface area (Å²) in [4.78, 5) is 10.9. The molecule has 0 unspecified atom stereocenters. The second-order valence-electron chi connectivity index (χ2n) is 3.02. The number of methoxy groups -OCH3 is 3. The maximum atomic E-state index is 10.9. The average Bonchev–Trinajstić information content (AvgIpc) is 2.13. The zero-order chi connectivity index (χ0) is 10.3. The van der Waals surface area contributed by atoms with Gasteiger partial charge in [0.1, 0.15) is 0 Å². The first kappa shape index (κ1) is 12.4. The molecule has 0 aliphatic carbocycles. The van der Waals surface area contributed by atoms with Crippen molar-refractivity contribution in [2.24, 2.45) is 5.92 Å². The molecule has 0 amide bonds. The molecule has 0 aromatic heterocycles. The quantitative estimate of drug-likeness (QED) is 0.466. The molecule has 0 aliphatic rings. The molecule has 0 aliphatic heterocycles. The molecule has 0 radical (unpaired) electrons. The van der Waals surface area contributed by atoms with Gasteiger partial charge < -0.3 is 14.2 Å². The predicted molar refractivity (Wildman–Crippen MR) is 48.2 cm³/mol. The summed E-state index contributed by atoms with van der Waals surface area (Å²) in [5.74, 6) is 0.0100. The minimum absolute atomic E-state index is 0.196. The van der Waals surface area contributed by atoms with E-state index in [0.29, 0.717) is 12.8 Å². The Labute approximate surface area is 79.2 Å². The summed E-state index contributed by atoms with van der Waals surface area (Å²) >= 11 is 0. The molecule has 0 heterocycles. The lowest BCUT2D eigenvalue weighted by Crippen LogP contribution is -2.18. The van der Waals surface area contributed by atoms with Crippen LogP contribution in [0.1, 0.15) is 19.8 Å². The van der Waals surface area contributed by atoms with Crippen LogP contribution in [0.2, 0.25) is 0 Å². The van der Waals surface area contributed by atoms with E-state index in [9.17, 15) is 4.79 Å². The van der Waals surface area contributed by atoms with Crippen molar-refractivity contribution in [3.05, 3.63) is 0 Å². The highest BCUT2D eigenvalue weighted by Crippen LogP contribution is 2.13. The Kier molecular flexibility index (Phi) is 6.54. The van der Waals surface area contributed by atoms with Gasteiger partial charge in [0.25, 0.3) is 0 Å². The predicted octanol–water partition coefficient (Wildman–Crippen LogP) is 1.19. The second kappa shape index (κ2) is 6.86. The van der Waals surface area contributed by atoms with E-state index in [-0.39, 0.29) is 18.2 Å². The highest BCUT2D eigenvalue weighted by atomic mass is 16.7. The topological polar surface area (TPSA) is 44.8 Å². The Morgan fingerprint density at radius 1 is 1.23 bits per heavy atom. The molecule has 13 heavy (non-hydrogen) atoms. The van der Waals surface area contributed by atoms with E-state index < -0.39 is 0 Å². The van der Waals surface area contributed by atoms with Crippen molar-refractivity contribution in [1.82, 2.24) is 0 Å². The number of esters is 1. The molecule has 0 aromatic rings. The summed E-state index contributed by atoms with van der Waals surface area (Å²) in [6, 6.07) is 0. The van der Waals surface area contributed by atoms with Crippen molar-refractivity contribution in [2.75, 3.05) is 21.3 Å². The summed E-state index contributed by atoms with van der Waals surface area (Å²) in [6.07, 6.45) is 0.863. The molecule has 4 nitrogen and oxygen atoms in total. The fourth-order valence-corrected chi connectivity index (χ4v) is 1.07. The van der Waals surface area contributed by atoms with Crippen molar-refractivity contribution in [2.45, 2.75) is 26.1 Å². The molecular weight excluding hydrogens is 172 g/mol. The van der Waals surface area contributed by atoms with Gasteiger partial charge in [0.2, 0.25) is 0 Å². The van der Waals surface area contributed by atoms with Crippen LogP contribution < -0.4 is 0 Å². The van der Waals surface area contributed by atoms with Gasteiger partial charge in [-0.25, -0.2) is 0 Å². The Balaban J connectivity index is 3.71. The molecule has 4 heteroatoms. The van der Waals surface area contributed by atoms with Gasteiger partial charge in [-0.3, -0.25) is 4.79 Å². The molecule has 0 aromatic carbocycles. The lowest BCUT2D eigenvalue weighted by atomic mass is 10.0. The van der Waals surface area contributed by atoms with Crippen molar-refractivity contribution in [3.8, 4) is 0 Å². The van der Waals surface area contributed by atoms with Crippen LogP contribution in [0.5, 0.6) is 0 Å². The lowest BCUT2D eigenvalue weighted by molar-refractivity contribution is -0.143. The van der Waals surface area contributed by atoms with Gasteiger partial charge in [-0.05, 0) is 5.92 Å². The van der Waals surface area contributed by atoms with Crippen LogP contribution in [0.3, 0.4) is 0 Å². The zero-order valence-electron chi connectivity index (χ0n) is 8.70. The Bertz CT molecular complexity index is 143. The monoisotopic (exact) mass is 190 g/mol. The van der Waals surface area contributed by atoms with E-state index in [4.69, 9.17) is 9.47 Å². The van der Waals surface area contributed by atoms with Gasteiger partial charge in [0.15, 0.2) is 6.29 Å². The lowest BCUT2D eigenvalue weighted by Gasteiger charge is -2.17. The number of carbonyl (C=O) groups is 1. The Morgan fingerprint density at radius 2 is 1.77 bits per heavy atom. The number of carbonyl (C=O) groups excluding carboxylic acids is 1. The maximum Gasteiger partial charge on any atom is 0.305 e. The highest BCUT2D eigenvalue weighted by Gasteiger charge is 2.14. The van der Waals surface area contributed by atoms with Crippen LogP contribution in [0.4, 0.5) is 0 Å². The summed E-state index contributed by atoms with van der Waals surface area (Å²) in [6.45, 7) is 1.96. The summed E-state index contributed by atoms with van der Waals surface area (Å²) in [7, 11) is 4.55. The largest absolute Gasteiger partial charge is 0.469 e. The third-order valence-electron chi connectivity index (χ3n) is 1.86. The number of hydrogen-bond acceptors (Lipinski definition) is 4. The van der Waals surface area contributed by atoms with Gasteiger partial charge >= 0.3 is 5.97 Å². The first-order valence-electron chi connectivity index (χ1n) is 4.26. The fourth-order valence-electron chi connectivity index (χ4n) is 1.07. The van der Waals surface area contributed by atoms with E-state index in [1.54, 1.807) is 14.2 Å². The van der Waals surface area contributed by atoms with Gasteiger partial charge in [-0.1, -0.05) is 6.92 Å². The highest BCUT2D eigenvalue weighted by molar-refractivity contribution is 5.69. The third-order valence-corrected chi connectivity index (χ3v) is 1.86. The van der Waals surface area contributed by atoms with Crippen molar-refractivity contribution < 1.29 is 19.0 Å². The number of ether oxygens (including phenoxy) is 3. The van der Waals surface area contributed by atoms with Crippen LogP contribution in [0.25, 0.3) is 0 Å². The molecule has 0 N–H and O–H groups in total. The van der Waals surface area contributed by atoms with Gasteiger partial charge in [0, 0.05) is 27.1 Å². The minimum atomic E-state index is -0.236.